The molecule has 0 aliphatic carbocycles. The molecule has 0 atom stereocenters. The highest BCUT2D eigenvalue weighted by Gasteiger charge is 2.29. The molecule has 0 bridgehead atoms. The Morgan fingerprint density at radius 2 is 2.18 bits per heavy atom. The fourth-order valence-corrected chi connectivity index (χ4v) is 1.77. The van der Waals surface area contributed by atoms with E-state index in [-0.39, 0.29) is 36.3 Å². The van der Waals surface area contributed by atoms with Gasteiger partial charge in [0.15, 0.2) is 0 Å². The monoisotopic (exact) mass is 281 g/mol. The van der Waals surface area contributed by atoms with E-state index >= 15 is 0 Å². The number of amides is 1. The Labute approximate surface area is 112 Å². The number of nitrogens with one attached hydrogen (secondary N) is 2. The SMILES string of the molecule is CC1(C)CN(C(=O)c2ncn[nH]2)CCN1.Cl.Cl. The molecule has 1 amide bonds. The van der Waals surface area contributed by atoms with Gasteiger partial charge in [-0.25, -0.2) is 4.98 Å². The van der Waals surface area contributed by atoms with Crippen LogP contribution in [0.3, 0.4) is 0 Å². The summed E-state index contributed by atoms with van der Waals surface area (Å²) in [4.78, 5) is 17.6. The van der Waals surface area contributed by atoms with E-state index in [1.165, 1.54) is 6.33 Å². The third-order valence-electron chi connectivity index (χ3n) is 2.48. The van der Waals surface area contributed by atoms with E-state index in [1.54, 1.807) is 4.90 Å². The van der Waals surface area contributed by atoms with Crippen molar-refractivity contribution in [2.75, 3.05) is 19.6 Å². The van der Waals surface area contributed by atoms with Crippen LogP contribution in [0.15, 0.2) is 6.33 Å². The highest BCUT2D eigenvalue weighted by Crippen LogP contribution is 2.11. The Bertz CT molecular complexity index is 354. The van der Waals surface area contributed by atoms with Gasteiger partial charge < -0.3 is 10.2 Å². The molecule has 0 aromatic carbocycles. The number of carbonyl (C=O) groups excluding carboxylic acids is 1. The molecule has 0 unspecified atom stereocenters. The zero-order valence-electron chi connectivity index (χ0n) is 9.77. The van der Waals surface area contributed by atoms with Crippen molar-refractivity contribution in [3.63, 3.8) is 0 Å². The minimum Gasteiger partial charge on any atom is -0.333 e. The Morgan fingerprint density at radius 3 is 2.71 bits per heavy atom. The van der Waals surface area contributed by atoms with E-state index in [9.17, 15) is 4.79 Å². The van der Waals surface area contributed by atoms with Crippen LogP contribution in [0, 0.1) is 0 Å². The van der Waals surface area contributed by atoms with Gasteiger partial charge in [-0.3, -0.25) is 9.89 Å². The predicted octanol–water partition coefficient (Wildman–Crippen LogP) is 0.472. The standard InChI is InChI=1S/C9H15N5O.2ClH/c1-9(2)5-14(4-3-11-9)8(15)7-10-6-12-13-7;;/h6,11H,3-5H2,1-2H3,(H,10,12,13);2*1H. The van der Waals surface area contributed by atoms with Gasteiger partial charge in [-0.05, 0) is 13.8 Å². The van der Waals surface area contributed by atoms with Gasteiger partial charge in [-0.15, -0.1) is 24.8 Å². The number of rotatable bonds is 1. The first-order valence-corrected chi connectivity index (χ1v) is 4.98. The lowest BCUT2D eigenvalue weighted by atomic mass is 10.0. The van der Waals surface area contributed by atoms with Crippen LogP contribution in [-0.2, 0) is 0 Å². The van der Waals surface area contributed by atoms with Crippen LogP contribution in [0.1, 0.15) is 24.5 Å². The van der Waals surface area contributed by atoms with E-state index in [2.05, 4.69) is 34.3 Å². The molecule has 1 aromatic rings. The van der Waals surface area contributed by atoms with Crippen molar-refractivity contribution in [1.82, 2.24) is 25.4 Å². The van der Waals surface area contributed by atoms with Gasteiger partial charge in [0.2, 0.25) is 5.82 Å². The van der Waals surface area contributed by atoms with Crippen LogP contribution in [0.2, 0.25) is 0 Å². The fourth-order valence-electron chi connectivity index (χ4n) is 1.77. The number of halogens is 2. The van der Waals surface area contributed by atoms with Crippen molar-refractivity contribution in [2.45, 2.75) is 19.4 Å². The van der Waals surface area contributed by atoms with E-state index in [1.807, 2.05) is 0 Å². The summed E-state index contributed by atoms with van der Waals surface area (Å²) in [6.07, 6.45) is 1.35. The number of aromatic amines is 1. The molecule has 2 N–H and O–H groups in total. The van der Waals surface area contributed by atoms with Gasteiger partial charge in [-0.1, -0.05) is 0 Å². The van der Waals surface area contributed by atoms with Gasteiger partial charge >= 0.3 is 0 Å². The first-order chi connectivity index (χ1) is 7.08. The fraction of sp³-hybridized carbons (Fsp3) is 0.667. The summed E-state index contributed by atoms with van der Waals surface area (Å²) in [5.74, 6) is 0.231. The molecule has 1 aliphatic rings. The average Bonchev–Trinajstić information content (AvgIpc) is 2.67. The molecule has 1 aromatic heterocycles. The van der Waals surface area contributed by atoms with E-state index in [0.717, 1.165) is 6.54 Å². The number of aromatic nitrogens is 3. The second kappa shape index (κ2) is 6.18. The molecule has 0 radical (unpaired) electrons. The third kappa shape index (κ3) is 3.83. The quantitative estimate of drug-likeness (QED) is 0.785. The number of hydrogen-bond donors (Lipinski definition) is 2. The normalized spacial score (nSPS) is 17.9. The first-order valence-electron chi connectivity index (χ1n) is 4.98. The minimum absolute atomic E-state index is 0. The summed E-state index contributed by atoms with van der Waals surface area (Å²) in [7, 11) is 0. The van der Waals surface area contributed by atoms with Crippen molar-refractivity contribution in [2.24, 2.45) is 0 Å². The highest BCUT2D eigenvalue weighted by atomic mass is 35.5. The second-order valence-corrected chi connectivity index (χ2v) is 4.37. The van der Waals surface area contributed by atoms with Gasteiger partial charge in [0.1, 0.15) is 6.33 Å². The molecule has 0 saturated carbocycles. The van der Waals surface area contributed by atoms with Gasteiger partial charge in [-0.2, -0.15) is 5.10 Å². The van der Waals surface area contributed by atoms with E-state index < -0.39 is 0 Å². The van der Waals surface area contributed by atoms with Crippen molar-refractivity contribution in [1.29, 1.82) is 0 Å². The van der Waals surface area contributed by atoms with Crippen LogP contribution in [0.4, 0.5) is 0 Å². The zero-order valence-corrected chi connectivity index (χ0v) is 11.4. The van der Waals surface area contributed by atoms with Crippen LogP contribution < -0.4 is 5.32 Å². The largest absolute Gasteiger partial charge is 0.333 e. The van der Waals surface area contributed by atoms with Gasteiger partial charge in [0, 0.05) is 25.2 Å². The number of carbonyl (C=O) groups is 1. The van der Waals surface area contributed by atoms with Crippen LogP contribution >= 0.6 is 24.8 Å². The van der Waals surface area contributed by atoms with E-state index in [4.69, 9.17) is 0 Å². The third-order valence-corrected chi connectivity index (χ3v) is 2.48. The number of hydrogen-bond acceptors (Lipinski definition) is 4. The minimum atomic E-state index is -0.0814. The Balaban J connectivity index is 0.00000128. The van der Waals surface area contributed by atoms with Crippen LogP contribution in [0.25, 0.3) is 0 Å². The summed E-state index contributed by atoms with van der Waals surface area (Å²) in [5.41, 5.74) is -0.0338. The topological polar surface area (TPSA) is 73.9 Å². The lowest BCUT2D eigenvalue weighted by molar-refractivity contribution is 0.0640. The maximum atomic E-state index is 11.9. The summed E-state index contributed by atoms with van der Waals surface area (Å²) in [6, 6.07) is 0. The van der Waals surface area contributed by atoms with Crippen molar-refractivity contribution in [3.8, 4) is 0 Å². The summed E-state index contributed by atoms with van der Waals surface area (Å²) in [6.45, 7) is 6.36. The molecular weight excluding hydrogens is 265 g/mol. The van der Waals surface area contributed by atoms with Crippen molar-refractivity contribution < 1.29 is 4.79 Å². The summed E-state index contributed by atoms with van der Waals surface area (Å²) < 4.78 is 0. The predicted molar refractivity (Wildman–Crippen MR) is 68.9 cm³/mol. The maximum absolute atomic E-state index is 11.9. The Hall–Kier alpha value is -0.850. The van der Waals surface area contributed by atoms with Gasteiger partial charge in [0.25, 0.3) is 5.91 Å². The molecule has 8 heteroatoms. The number of H-pyrrole nitrogens is 1. The molecule has 2 heterocycles. The smallest absolute Gasteiger partial charge is 0.291 e. The first kappa shape index (κ1) is 16.1. The van der Waals surface area contributed by atoms with Crippen LogP contribution in [-0.4, -0.2) is 51.2 Å². The second-order valence-electron chi connectivity index (χ2n) is 4.37. The van der Waals surface area contributed by atoms with E-state index in [0.29, 0.717) is 18.9 Å². The molecule has 1 saturated heterocycles. The molecule has 1 aliphatic heterocycles. The zero-order chi connectivity index (χ0) is 10.9. The summed E-state index contributed by atoms with van der Waals surface area (Å²) >= 11 is 0. The lowest BCUT2D eigenvalue weighted by Gasteiger charge is -2.38. The molecule has 98 valence electrons. The van der Waals surface area contributed by atoms with Crippen molar-refractivity contribution >= 4 is 30.7 Å². The molecular formula is C9H17Cl2N5O. The highest BCUT2D eigenvalue weighted by molar-refractivity contribution is 5.90. The number of piperazine rings is 1. The summed E-state index contributed by atoms with van der Waals surface area (Å²) in [5, 5.41) is 9.61. The molecule has 2 rings (SSSR count). The van der Waals surface area contributed by atoms with Crippen LogP contribution in [0.5, 0.6) is 0 Å². The molecule has 1 fully saturated rings. The molecule has 17 heavy (non-hydrogen) atoms. The molecule has 0 spiro atoms. The lowest BCUT2D eigenvalue weighted by Crippen LogP contribution is -2.58. The molecule has 6 nitrogen and oxygen atoms in total. The number of nitrogens with zero attached hydrogens (tertiary/aromatic N) is 3. The Kier molecular flexibility index (Phi) is 5.87. The maximum Gasteiger partial charge on any atom is 0.291 e. The van der Waals surface area contributed by atoms with Crippen molar-refractivity contribution in [3.05, 3.63) is 12.2 Å². The Morgan fingerprint density at radius 1 is 1.47 bits per heavy atom. The van der Waals surface area contributed by atoms with Gasteiger partial charge in [0.05, 0.1) is 0 Å². The average molecular weight is 282 g/mol.